The van der Waals surface area contributed by atoms with Gasteiger partial charge in [0.2, 0.25) is 5.78 Å². The molecule has 0 unspecified atom stereocenters. The highest BCUT2D eigenvalue weighted by Gasteiger charge is 2.27. The van der Waals surface area contributed by atoms with Gasteiger partial charge in [-0.3, -0.25) is 4.79 Å². The molecule has 0 bridgehead atoms. The smallest absolute Gasteiger partial charge is 0.231 e. The Morgan fingerprint density at radius 3 is 2.65 bits per heavy atom. The van der Waals surface area contributed by atoms with E-state index < -0.39 is 0 Å². The monoisotopic (exact) mass is 332 g/mol. The van der Waals surface area contributed by atoms with Crippen molar-refractivity contribution < 1.29 is 24.1 Å². The molecule has 0 atom stereocenters. The second-order valence-corrected chi connectivity index (χ2v) is 5.27. The van der Waals surface area contributed by atoms with Gasteiger partial charge in [-0.25, -0.2) is 0 Å². The highest BCUT2D eigenvalue weighted by atomic mass is 35.5. The van der Waals surface area contributed by atoms with Crippen LogP contribution >= 0.6 is 11.6 Å². The second kappa shape index (κ2) is 5.85. The molecule has 3 rings (SSSR count). The molecule has 0 saturated heterocycles. The summed E-state index contributed by atoms with van der Waals surface area (Å²) in [5.74, 6) is 1.12. The molecular weight excluding hydrogens is 320 g/mol. The summed E-state index contributed by atoms with van der Waals surface area (Å²) in [4.78, 5) is 12.3. The number of benzene rings is 2. The van der Waals surface area contributed by atoms with Crippen molar-refractivity contribution >= 4 is 23.5 Å². The van der Waals surface area contributed by atoms with Gasteiger partial charge >= 0.3 is 0 Å². The molecule has 0 spiro atoms. The number of methoxy groups -OCH3 is 2. The number of fused-ring (bicyclic) bond motifs is 1. The molecule has 23 heavy (non-hydrogen) atoms. The Bertz CT molecular complexity index is 826. The minimum absolute atomic E-state index is 0.0342. The van der Waals surface area contributed by atoms with Crippen molar-refractivity contribution in [2.45, 2.75) is 0 Å². The number of halogens is 1. The van der Waals surface area contributed by atoms with Crippen LogP contribution in [-0.2, 0) is 0 Å². The van der Waals surface area contributed by atoms with E-state index >= 15 is 0 Å². The first-order valence-corrected chi connectivity index (χ1v) is 7.10. The van der Waals surface area contributed by atoms with Crippen LogP contribution in [0.15, 0.2) is 36.1 Å². The van der Waals surface area contributed by atoms with Gasteiger partial charge in [0.1, 0.15) is 11.5 Å². The number of hydrogen-bond acceptors (Lipinski definition) is 5. The maximum Gasteiger partial charge on any atom is 0.231 e. The number of phenols is 1. The third-order valence-corrected chi connectivity index (χ3v) is 3.69. The topological polar surface area (TPSA) is 65.0 Å². The Morgan fingerprint density at radius 1 is 1.17 bits per heavy atom. The van der Waals surface area contributed by atoms with Gasteiger partial charge in [0, 0.05) is 6.07 Å². The highest BCUT2D eigenvalue weighted by molar-refractivity contribution is 6.32. The zero-order valence-corrected chi connectivity index (χ0v) is 13.2. The van der Waals surface area contributed by atoms with Crippen LogP contribution in [-0.4, -0.2) is 25.1 Å². The summed E-state index contributed by atoms with van der Waals surface area (Å²) in [5.41, 5.74) is 1.04. The van der Waals surface area contributed by atoms with Crippen LogP contribution in [0.1, 0.15) is 15.9 Å². The summed E-state index contributed by atoms with van der Waals surface area (Å²) in [5, 5.41) is 9.82. The number of Topliss-reactive ketones (excluding diaryl/α,β-unsaturated/α-hetero) is 1. The molecule has 0 aliphatic carbocycles. The van der Waals surface area contributed by atoms with E-state index in [0.29, 0.717) is 33.4 Å². The van der Waals surface area contributed by atoms with Crippen LogP contribution in [0.4, 0.5) is 0 Å². The van der Waals surface area contributed by atoms with E-state index in [9.17, 15) is 9.90 Å². The van der Waals surface area contributed by atoms with Gasteiger partial charge in [-0.15, -0.1) is 0 Å². The number of hydrogen-bond donors (Lipinski definition) is 1. The predicted octanol–water partition coefficient (Wildman–Crippen LogP) is 3.68. The summed E-state index contributed by atoms with van der Waals surface area (Å²) in [6, 6.07) is 7.70. The van der Waals surface area contributed by atoms with Crippen LogP contribution in [0.5, 0.6) is 23.0 Å². The minimum atomic E-state index is -0.258. The van der Waals surface area contributed by atoms with Crippen molar-refractivity contribution in [1.29, 1.82) is 0 Å². The summed E-state index contributed by atoms with van der Waals surface area (Å²) in [6.07, 6.45) is 1.56. The average molecular weight is 333 g/mol. The molecule has 5 nitrogen and oxygen atoms in total. The lowest BCUT2D eigenvalue weighted by Crippen LogP contribution is -1.98. The van der Waals surface area contributed by atoms with E-state index in [1.54, 1.807) is 18.2 Å². The van der Waals surface area contributed by atoms with Gasteiger partial charge in [-0.05, 0) is 35.9 Å². The molecule has 6 heteroatoms. The van der Waals surface area contributed by atoms with Crippen LogP contribution < -0.4 is 14.2 Å². The van der Waals surface area contributed by atoms with Gasteiger partial charge in [-0.2, -0.15) is 0 Å². The van der Waals surface area contributed by atoms with Crippen molar-refractivity contribution in [3.8, 4) is 23.0 Å². The Labute approximate surface area is 137 Å². The van der Waals surface area contributed by atoms with Gasteiger partial charge in [0.25, 0.3) is 0 Å². The molecule has 1 aliphatic rings. The van der Waals surface area contributed by atoms with Crippen LogP contribution in [0, 0.1) is 0 Å². The van der Waals surface area contributed by atoms with Gasteiger partial charge in [-0.1, -0.05) is 11.6 Å². The van der Waals surface area contributed by atoms with E-state index in [1.807, 2.05) is 0 Å². The zero-order valence-electron chi connectivity index (χ0n) is 12.4. The van der Waals surface area contributed by atoms with Crippen molar-refractivity contribution in [1.82, 2.24) is 0 Å². The number of phenolic OH excluding ortho intramolecular Hbond substituents is 1. The summed E-state index contributed by atoms with van der Waals surface area (Å²) in [6.45, 7) is 0. The number of ether oxygens (including phenoxy) is 3. The molecule has 1 heterocycles. The Kier molecular flexibility index (Phi) is 3.88. The fourth-order valence-corrected chi connectivity index (χ4v) is 2.64. The van der Waals surface area contributed by atoms with Gasteiger partial charge in [0.15, 0.2) is 17.3 Å². The van der Waals surface area contributed by atoms with Crippen LogP contribution in [0.2, 0.25) is 5.02 Å². The Morgan fingerprint density at radius 2 is 1.96 bits per heavy atom. The minimum Gasteiger partial charge on any atom is -0.508 e. The van der Waals surface area contributed by atoms with Crippen LogP contribution in [0.25, 0.3) is 6.08 Å². The third kappa shape index (κ3) is 2.71. The molecule has 118 valence electrons. The van der Waals surface area contributed by atoms with E-state index in [2.05, 4.69) is 0 Å². The van der Waals surface area contributed by atoms with E-state index in [0.717, 1.165) is 0 Å². The predicted molar refractivity (Wildman–Crippen MR) is 85.6 cm³/mol. The lowest BCUT2D eigenvalue weighted by molar-refractivity contribution is 0.101. The molecule has 2 aromatic carbocycles. The molecule has 0 radical (unpaired) electrons. The van der Waals surface area contributed by atoms with E-state index in [4.69, 9.17) is 25.8 Å². The molecule has 1 N–H and O–H groups in total. The lowest BCUT2D eigenvalue weighted by Gasteiger charge is -2.10. The third-order valence-electron chi connectivity index (χ3n) is 3.41. The molecule has 0 saturated carbocycles. The standard InChI is InChI=1S/C17H13ClO5/c1-21-15-7-9(5-12(18)17(15)22-2)6-14-16(20)11-4-3-10(19)8-13(11)23-14/h3-8,19H,1-2H3. The Hall–Kier alpha value is -2.66. The molecule has 1 aliphatic heterocycles. The van der Waals surface area contributed by atoms with E-state index in [1.165, 1.54) is 32.4 Å². The highest BCUT2D eigenvalue weighted by Crippen LogP contribution is 2.38. The number of aromatic hydroxyl groups is 1. The molecule has 2 aromatic rings. The quantitative estimate of drug-likeness (QED) is 0.869. The number of carbonyl (C=O) groups is 1. The van der Waals surface area contributed by atoms with Crippen molar-refractivity contribution in [2.24, 2.45) is 0 Å². The fraction of sp³-hybridized carbons (Fsp3) is 0.118. The zero-order chi connectivity index (χ0) is 16.6. The maximum atomic E-state index is 12.3. The first kappa shape index (κ1) is 15.2. The Balaban J connectivity index is 2.01. The average Bonchev–Trinajstić information content (AvgIpc) is 2.82. The number of rotatable bonds is 3. The maximum absolute atomic E-state index is 12.3. The SMILES string of the molecule is COc1cc(C=C2Oc3cc(O)ccc3C2=O)cc(Cl)c1OC. The lowest BCUT2D eigenvalue weighted by atomic mass is 10.1. The van der Waals surface area contributed by atoms with Crippen molar-refractivity contribution in [3.05, 3.63) is 52.2 Å². The van der Waals surface area contributed by atoms with Gasteiger partial charge < -0.3 is 19.3 Å². The number of ketones is 1. The normalized spacial score (nSPS) is 14.6. The van der Waals surface area contributed by atoms with Gasteiger partial charge in [0.05, 0.1) is 24.8 Å². The summed E-state index contributed by atoms with van der Waals surface area (Å²) >= 11 is 6.15. The first-order chi connectivity index (χ1) is 11.0. The molecule has 0 amide bonds. The largest absolute Gasteiger partial charge is 0.508 e. The molecular formula is C17H13ClO5. The second-order valence-electron chi connectivity index (χ2n) is 4.86. The number of allylic oxidation sites excluding steroid dienone is 1. The van der Waals surface area contributed by atoms with Crippen molar-refractivity contribution in [2.75, 3.05) is 14.2 Å². The van der Waals surface area contributed by atoms with Crippen LogP contribution in [0.3, 0.4) is 0 Å². The number of carbonyl (C=O) groups excluding carboxylic acids is 1. The molecule has 0 aromatic heterocycles. The fourth-order valence-electron chi connectivity index (χ4n) is 2.35. The van der Waals surface area contributed by atoms with Crippen molar-refractivity contribution in [3.63, 3.8) is 0 Å². The first-order valence-electron chi connectivity index (χ1n) is 6.72. The van der Waals surface area contributed by atoms with E-state index in [-0.39, 0.29) is 17.3 Å². The summed E-state index contributed by atoms with van der Waals surface area (Å²) < 4.78 is 15.9. The molecule has 0 fully saturated rings. The summed E-state index contributed by atoms with van der Waals surface area (Å²) in [7, 11) is 3.00.